The number of alkyl halides is 3. The van der Waals surface area contributed by atoms with E-state index in [0.29, 0.717) is 0 Å². The Hall–Kier alpha value is -1.79. The topological polar surface area (TPSA) is 51.0 Å². The van der Waals surface area contributed by atoms with Crippen molar-refractivity contribution in [3.05, 3.63) is 35.2 Å². The molecule has 5 atom stereocenters. The summed E-state index contributed by atoms with van der Waals surface area (Å²) in [7, 11) is -2.20. The van der Waals surface area contributed by atoms with Crippen molar-refractivity contribution in [2.45, 2.75) is 30.4 Å². The van der Waals surface area contributed by atoms with Gasteiger partial charge in [0.2, 0.25) is 10.0 Å². The van der Waals surface area contributed by atoms with E-state index in [0.717, 1.165) is 29.3 Å². The van der Waals surface area contributed by atoms with Gasteiger partial charge in [-0.15, -0.1) is 0 Å². The number of anilines is 1. The number of nitrogens with zero attached hydrogens (tertiary/aromatic N) is 2. The Morgan fingerprint density at radius 1 is 1.27 bits per heavy atom. The molecule has 2 bridgehead atoms. The van der Waals surface area contributed by atoms with Gasteiger partial charge in [0.1, 0.15) is 0 Å². The number of halogens is 3. The van der Waals surface area contributed by atoms with Crippen molar-refractivity contribution < 1.29 is 26.3 Å². The Morgan fingerprint density at radius 2 is 2.00 bits per heavy atom. The van der Waals surface area contributed by atoms with Gasteiger partial charge in [0, 0.05) is 25.3 Å². The van der Waals surface area contributed by atoms with Crippen LogP contribution in [0.15, 0.2) is 18.2 Å². The predicted molar refractivity (Wildman–Crippen MR) is 88.3 cm³/mol. The van der Waals surface area contributed by atoms with Crippen LogP contribution < -0.4 is 4.31 Å². The molecule has 9 heteroatoms. The maximum atomic E-state index is 13.2. The van der Waals surface area contributed by atoms with Crippen LogP contribution in [-0.2, 0) is 20.9 Å². The van der Waals surface area contributed by atoms with Crippen molar-refractivity contribution in [3.63, 3.8) is 0 Å². The first-order valence-electron chi connectivity index (χ1n) is 8.31. The van der Waals surface area contributed by atoms with Crippen LogP contribution in [0.25, 0.3) is 4.85 Å². The lowest BCUT2D eigenvalue weighted by molar-refractivity contribution is -0.136. The van der Waals surface area contributed by atoms with Gasteiger partial charge in [0.25, 0.3) is 0 Å². The third-order valence-corrected chi connectivity index (χ3v) is 8.42. The summed E-state index contributed by atoms with van der Waals surface area (Å²) in [5.74, 6) is 0.0419. The van der Waals surface area contributed by atoms with Crippen molar-refractivity contribution in [2.24, 2.45) is 17.8 Å². The number of methoxy groups -OCH3 is 1. The molecular weight excluding hydrogens is 369 g/mol. The molecule has 3 aliphatic rings. The zero-order chi connectivity index (χ0) is 18.9. The van der Waals surface area contributed by atoms with E-state index in [1.54, 1.807) is 7.11 Å². The molecule has 26 heavy (non-hydrogen) atoms. The highest BCUT2D eigenvalue weighted by molar-refractivity contribution is 7.93. The molecule has 0 unspecified atom stereocenters. The lowest BCUT2D eigenvalue weighted by atomic mass is 9.86. The van der Waals surface area contributed by atoms with E-state index in [-0.39, 0.29) is 36.1 Å². The number of sulfonamides is 1. The molecule has 1 aromatic carbocycles. The average molecular weight is 386 g/mol. The number of hydrogen-bond donors (Lipinski definition) is 0. The Bertz CT molecular complexity index is 893. The molecule has 2 aliphatic carbocycles. The molecule has 0 N–H and O–H groups in total. The number of hydrogen-bond acceptors (Lipinski definition) is 3. The first kappa shape index (κ1) is 17.6. The van der Waals surface area contributed by atoms with E-state index < -0.39 is 32.7 Å². The number of ether oxygens (including phenoxy) is 1. The normalized spacial score (nSPS) is 34.7. The largest absolute Gasteiger partial charge is 0.407 e. The van der Waals surface area contributed by atoms with E-state index in [9.17, 15) is 21.6 Å². The molecule has 1 aliphatic heterocycles. The molecule has 4 rings (SSSR count). The molecule has 2 saturated carbocycles. The van der Waals surface area contributed by atoms with Crippen LogP contribution in [0.3, 0.4) is 0 Å². The third kappa shape index (κ3) is 2.35. The van der Waals surface area contributed by atoms with Gasteiger partial charge in [-0.3, -0.25) is 4.31 Å². The standard InChI is InChI=1S/C17H17F3N2O3S/c1-21-14-4-3-10(7-13(14)17(18,19)20)22-8-12-9-5-11(15(6-9)25-2)16(12)26(22,23)24/h3-4,7,9,11-12,15-16H,5-6,8H2,2H3/t9-,11-,12-,15-,16+/m1/s1. The van der Waals surface area contributed by atoms with Crippen LogP contribution in [0.5, 0.6) is 0 Å². The maximum absolute atomic E-state index is 13.2. The van der Waals surface area contributed by atoms with Crippen LogP contribution in [0.2, 0.25) is 0 Å². The number of fused-ring (bicyclic) bond motifs is 5. The zero-order valence-corrected chi connectivity index (χ0v) is 14.7. The highest BCUT2D eigenvalue weighted by atomic mass is 32.2. The second-order valence-corrected chi connectivity index (χ2v) is 9.20. The van der Waals surface area contributed by atoms with Crippen molar-refractivity contribution in [2.75, 3.05) is 18.0 Å². The number of benzene rings is 1. The SMILES string of the molecule is [C-]#[N+]c1ccc(N2C[C@@H]3[C@@H]4C[C@@H]([C@@H]3S2(=O)=O)[C@H](OC)C4)cc1C(F)(F)F. The Morgan fingerprint density at radius 3 is 2.62 bits per heavy atom. The molecule has 5 nitrogen and oxygen atoms in total. The lowest BCUT2D eigenvalue weighted by Crippen LogP contribution is -2.39. The first-order valence-corrected chi connectivity index (χ1v) is 9.82. The van der Waals surface area contributed by atoms with E-state index in [2.05, 4.69) is 4.85 Å². The summed E-state index contributed by atoms with van der Waals surface area (Å²) in [6.07, 6.45) is -3.22. The molecule has 0 aromatic heterocycles. The molecule has 0 spiro atoms. The summed E-state index contributed by atoms with van der Waals surface area (Å²) in [6.45, 7) is 7.10. The van der Waals surface area contributed by atoms with Crippen molar-refractivity contribution in [3.8, 4) is 0 Å². The molecule has 3 fully saturated rings. The van der Waals surface area contributed by atoms with Gasteiger partial charge < -0.3 is 4.74 Å². The van der Waals surface area contributed by atoms with Crippen molar-refractivity contribution in [1.29, 1.82) is 0 Å². The smallest absolute Gasteiger partial charge is 0.381 e. The first-order chi connectivity index (χ1) is 12.2. The van der Waals surface area contributed by atoms with Crippen LogP contribution >= 0.6 is 0 Å². The molecule has 0 radical (unpaired) electrons. The molecular formula is C17H17F3N2O3S. The average Bonchev–Trinajstić information content (AvgIpc) is 3.23. The summed E-state index contributed by atoms with van der Waals surface area (Å²) in [4.78, 5) is 2.90. The Balaban J connectivity index is 1.74. The zero-order valence-electron chi connectivity index (χ0n) is 13.9. The maximum Gasteiger partial charge on any atom is 0.407 e. The van der Waals surface area contributed by atoms with E-state index in [1.165, 1.54) is 6.07 Å². The molecule has 0 amide bonds. The highest BCUT2D eigenvalue weighted by Gasteiger charge is 2.63. The Labute approximate surface area is 149 Å². The molecule has 1 saturated heterocycles. The summed E-state index contributed by atoms with van der Waals surface area (Å²) >= 11 is 0. The van der Waals surface area contributed by atoms with Gasteiger partial charge in [-0.05, 0) is 36.8 Å². The second kappa shape index (κ2) is 5.60. The number of rotatable bonds is 2. The predicted octanol–water partition coefficient (Wildman–Crippen LogP) is 3.45. The fourth-order valence-electron chi connectivity index (χ4n) is 5.02. The van der Waals surface area contributed by atoms with Crippen molar-refractivity contribution >= 4 is 21.4 Å². The van der Waals surface area contributed by atoms with Gasteiger partial charge in [-0.25, -0.2) is 13.3 Å². The highest BCUT2D eigenvalue weighted by Crippen LogP contribution is 2.56. The summed E-state index contributed by atoms with van der Waals surface area (Å²) in [6, 6.07) is 3.11. The van der Waals surface area contributed by atoms with Crippen LogP contribution in [-0.4, -0.2) is 33.4 Å². The summed E-state index contributed by atoms with van der Waals surface area (Å²) in [5.41, 5.74) is -1.65. The minimum atomic E-state index is -4.71. The quantitative estimate of drug-likeness (QED) is 0.732. The van der Waals surface area contributed by atoms with Gasteiger partial charge in [0.15, 0.2) is 5.69 Å². The minimum absolute atomic E-state index is 0.0208. The monoisotopic (exact) mass is 386 g/mol. The molecule has 1 aromatic rings. The van der Waals surface area contributed by atoms with Gasteiger partial charge >= 0.3 is 6.18 Å². The van der Waals surface area contributed by atoms with E-state index >= 15 is 0 Å². The lowest BCUT2D eigenvalue weighted by Gasteiger charge is -2.28. The van der Waals surface area contributed by atoms with Crippen molar-refractivity contribution in [1.82, 2.24) is 0 Å². The summed E-state index contributed by atoms with van der Waals surface area (Å²) < 4.78 is 72.3. The van der Waals surface area contributed by atoms with Crippen LogP contribution in [0.4, 0.5) is 24.5 Å². The summed E-state index contributed by atoms with van der Waals surface area (Å²) in [5, 5.41) is -0.596. The van der Waals surface area contributed by atoms with Gasteiger partial charge in [-0.2, -0.15) is 13.2 Å². The third-order valence-electron chi connectivity index (χ3n) is 6.06. The van der Waals surface area contributed by atoms with E-state index in [4.69, 9.17) is 11.3 Å². The van der Waals surface area contributed by atoms with Crippen LogP contribution in [0.1, 0.15) is 18.4 Å². The second-order valence-electron chi connectivity index (χ2n) is 7.19. The molecule has 140 valence electrons. The minimum Gasteiger partial charge on any atom is -0.381 e. The van der Waals surface area contributed by atoms with Gasteiger partial charge in [0.05, 0.1) is 23.5 Å². The Kier molecular flexibility index (Phi) is 3.80. The fraction of sp³-hybridized carbons (Fsp3) is 0.588. The van der Waals surface area contributed by atoms with Crippen LogP contribution in [0, 0.1) is 24.3 Å². The fourth-order valence-corrected chi connectivity index (χ4v) is 7.58. The molecule has 1 heterocycles. The van der Waals surface area contributed by atoms with Gasteiger partial charge in [-0.1, -0.05) is 6.07 Å². The van der Waals surface area contributed by atoms with E-state index in [1.807, 2.05) is 0 Å².